The summed E-state index contributed by atoms with van der Waals surface area (Å²) in [4.78, 5) is 23.0. The van der Waals surface area contributed by atoms with Crippen molar-refractivity contribution in [1.29, 1.82) is 0 Å². The zero-order chi connectivity index (χ0) is 21.8. The van der Waals surface area contributed by atoms with Crippen molar-refractivity contribution < 1.29 is 9.85 Å². The molecule has 0 N–H and O–H groups in total. The maximum Gasteiger partial charge on any atom is 0.314 e. The summed E-state index contributed by atoms with van der Waals surface area (Å²) < 4.78 is 2.76. The number of halogens is 1. The predicted octanol–water partition coefficient (Wildman–Crippen LogP) is 3.77. The highest BCUT2D eigenvalue weighted by Gasteiger charge is 2.18. The van der Waals surface area contributed by atoms with E-state index in [9.17, 15) is 20.2 Å². The molecule has 30 heavy (non-hydrogen) atoms. The molecule has 0 saturated carbocycles. The minimum Gasteiger partial charge on any atom is -0.324 e. The summed E-state index contributed by atoms with van der Waals surface area (Å²) in [6.07, 6.45) is 8.57. The van der Waals surface area contributed by atoms with Crippen LogP contribution in [-0.4, -0.2) is 29.4 Å². The van der Waals surface area contributed by atoms with Crippen molar-refractivity contribution in [2.45, 2.75) is 0 Å². The molecular formula is C18H16ClN7O4. The molecule has 0 atom stereocenters. The first-order chi connectivity index (χ1) is 14.3. The maximum atomic E-state index is 11.2. The molecule has 1 aromatic carbocycles. The highest BCUT2D eigenvalue weighted by atomic mass is 35.5. The largest absolute Gasteiger partial charge is 0.324 e. The quantitative estimate of drug-likeness (QED) is 0.413. The lowest BCUT2D eigenvalue weighted by molar-refractivity contribution is -0.385. The molecule has 2 heterocycles. The van der Waals surface area contributed by atoms with E-state index in [0.29, 0.717) is 22.1 Å². The van der Waals surface area contributed by atoms with Crippen molar-refractivity contribution in [2.24, 2.45) is 14.1 Å². The van der Waals surface area contributed by atoms with Gasteiger partial charge in [0.15, 0.2) is 0 Å². The Morgan fingerprint density at radius 3 is 1.73 bits per heavy atom. The fourth-order valence-electron chi connectivity index (χ4n) is 2.68. The third-order valence-corrected chi connectivity index (χ3v) is 4.48. The summed E-state index contributed by atoms with van der Waals surface area (Å²) in [5.41, 5.74) is 0.978. The Morgan fingerprint density at radius 1 is 0.900 bits per heavy atom. The van der Waals surface area contributed by atoms with Crippen molar-refractivity contribution in [3.05, 3.63) is 85.7 Å². The standard InChI is InChI=1S/C18H16ClN7O4/c1-22-15(17(11-20-22)25(27)28)7-9-24(14-5-3-13(19)4-6-14)10-8-16-18(26(29)30)12-21-23(16)2/h3-12H,1-2H3/b9-7+,10-8+. The summed E-state index contributed by atoms with van der Waals surface area (Å²) in [6, 6.07) is 6.86. The van der Waals surface area contributed by atoms with Crippen LogP contribution in [0.25, 0.3) is 12.2 Å². The number of benzene rings is 1. The van der Waals surface area contributed by atoms with E-state index in [-0.39, 0.29) is 11.4 Å². The van der Waals surface area contributed by atoms with Gasteiger partial charge in [0, 0.05) is 37.2 Å². The fourth-order valence-corrected chi connectivity index (χ4v) is 2.80. The van der Waals surface area contributed by atoms with E-state index in [1.165, 1.54) is 33.9 Å². The second-order valence-electron chi connectivity index (χ2n) is 6.11. The summed E-state index contributed by atoms with van der Waals surface area (Å²) in [5.74, 6) is 0. The van der Waals surface area contributed by atoms with Crippen molar-refractivity contribution >= 4 is 40.8 Å². The van der Waals surface area contributed by atoms with Crippen LogP contribution in [0.3, 0.4) is 0 Å². The van der Waals surface area contributed by atoms with E-state index in [0.717, 1.165) is 0 Å². The normalized spacial score (nSPS) is 11.4. The van der Waals surface area contributed by atoms with Gasteiger partial charge in [-0.1, -0.05) is 11.6 Å². The molecule has 3 aromatic rings. The van der Waals surface area contributed by atoms with Crippen molar-refractivity contribution in [2.75, 3.05) is 4.90 Å². The Kier molecular flexibility index (Phi) is 5.93. The van der Waals surface area contributed by atoms with Gasteiger partial charge in [-0.2, -0.15) is 10.2 Å². The first-order valence-corrected chi connectivity index (χ1v) is 8.89. The second kappa shape index (κ2) is 8.57. The Bertz CT molecular complexity index is 1080. The number of anilines is 1. The Labute approximate surface area is 175 Å². The topological polar surface area (TPSA) is 125 Å². The number of aryl methyl sites for hydroxylation is 2. The van der Waals surface area contributed by atoms with Crippen LogP contribution in [0.5, 0.6) is 0 Å². The fraction of sp³-hybridized carbons (Fsp3) is 0.111. The first kappa shape index (κ1) is 20.7. The van der Waals surface area contributed by atoms with Gasteiger partial charge in [0.2, 0.25) is 0 Å². The van der Waals surface area contributed by atoms with E-state index in [1.54, 1.807) is 55.7 Å². The van der Waals surface area contributed by atoms with Gasteiger partial charge < -0.3 is 4.90 Å². The van der Waals surface area contributed by atoms with Crippen LogP contribution in [0.4, 0.5) is 17.1 Å². The molecule has 0 spiro atoms. The molecule has 0 aliphatic carbocycles. The van der Waals surface area contributed by atoms with Gasteiger partial charge in [-0.05, 0) is 36.4 Å². The number of nitrogens with zero attached hydrogens (tertiary/aromatic N) is 7. The monoisotopic (exact) mass is 429 g/mol. The molecule has 0 fully saturated rings. The number of hydrogen-bond donors (Lipinski definition) is 0. The average Bonchev–Trinajstić information content (AvgIpc) is 3.25. The third-order valence-electron chi connectivity index (χ3n) is 4.23. The molecule has 3 rings (SSSR count). The van der Waals surface area contributed by atoms with E-state index < -0.39 is 9.85 Å². The van der Waals surface area contributed by atoms with Crippen LogP contribution in [0.2, 0.25) is 5.02 Å². The second-order valence-corrected chi connectivity index (χ2v) is 6.54. The number of rotatable bonds is 7. The zero-order valence-corrected chi connectivity index (χ0v) is 16.7. The van der Waals surface area contributed by atoms with Crippen LogP contribution in [0.15, 0.2) is 49.1 Å². The summed E-state index contributed by atoms with van der Waals surface area (Å²) in [7, 11) is 3.18. The predicted molar refractivity (Wildman–Crippen MR) is 112 cm³/mol. The van der Waals surface area contributed by atoms with E-state index in [4.69, 9.17) is 11.6 Å². The summed E-state index contributed by atoms with van der Waals surface area (Å²) in [6.45, 7) is 0. The molecule has 0 aliphatic rings. The average molecular weight is 430 g/mol. The molecule has 11 nitrogen and oxygen atoms in total. The van der Waals surface area contributed by atoms with Crippen molar-refractivity contribution in [1.82, 2.24) is 19.6 Å². The van der Waals surface area contributed by atoms with Gasteiger partial charge >= 0.3 is 11.4 Å². The van der Waals surface area contributed by atoms with Gasteiger partial charge in [0.05, 0.1) is 9.85 Å². The molecule has 0 bridgehead atoms. The number of nitro groups is 2. The lowest BCUT2D eigenvalue weighted by atomic mass is 10.2. The third kappa shape index (κ3) is 4.36. The van der Waals surface area contributed by atoms with Gasteiger partial charge in [-0.25, -0.2) is 0 Å². The first-order valence-electron chi connectivity index (χ1n) is 8.51. The van der Waals surface area contributed by atoms with Crippen LogP contribution >= 0.6 is 11.6 Å². The smallest absolute Gasteiger partial charge is 0.314 e. The van der Waals surface area contributed by atoms with Crippen molar-refractivity contribution in [3.63, 3.8) is 0 Å². The molecule has 154 valence electrons. The molecule has 12 heteroatoms. The Morgan fingerprint density at radius 2 is 1.33 bits per heavy atom. The molecule has 0 aliphatic heterocycles. The Balaban J connectivity index is 2.01. The van der Waals surface area contributed by atoms with Crippen LogP contribution in [0, 0.1) is 20.2 Å². The van der Waals surface area contributed by atoms with Crippen LogP contribution in [-0.2, 0) is 14.1 Å². The molecule has 0 radical (unpaired) electrons. The molecule has 0 unspecified atom stereocenters. The minimum atomic E-state index is -0.520. The van der Waals surface area contributed by atoms with Gasteiger partial charge in [-0.15, -0.1) is 0 Å². The van der Waals surface area contributed by atoms with E-state index in [2.05, 4.69) is 10.2 Å². The van der Waals surface area contributed by atoms with Crippen molar-refractivity contribution in [3.8, 4) is 0 Å². The number of hydrogen-bond acceptors (Lipinski definition) is 7. The minimum absolute atomic E-state index is 0.143. The zero-order valence-electron chi connectivity index (χ0n) is 15.9. The summed E-state index contributed by atoms with van der Waals surface area (Å²) >= 11 is 5.96. The summed E-state index contributed by atoms with van der Waals surface area (Å²) in [5, 5.41) is 30.8. The highest BCUT2D eigenvalue weighted by Crippen LogP contribution is 2.24. The maximum absolute atomic E-state index is 11.2. The van der Waals surface area contributed by atoms with E-state index >= 15 is 0 Å². The van der Waals surface area contributed by atoms with Gasteiger partial charge in [0.25, 0.3) is 0 Å². The Hall–Kier alpha value is -3.99. The van der Waals surface area contributed by atoms with Crippen LogP contribution < -0.4 is 4.90 Å². The number of aromatic nitrogens is 4. The highest BCUT2D eigenvalue weighted by molar-refractivity contribution is 6.30. The van der Waals surface area contributed by atoms with Gasteiger partial charge in [0.1, 0.15) is 23.8 Å². The lowest BCUT2D eigenvalue weighted by Gasteiger charge is -2.16. The molecule has 0 amide bonds. The molecular weight excluding hydrogens is 414 g/mol. The van der Waals surface area contributed by atoms with E-state index in [1.807, 2.05) is 0 Å². The SMILES string of the molecule is Cn1ncc([N+](=O)[O-])c1/C=C/N(/C=C/c1c([N+](=O)[O-])cnn1C)c1ccc(Cl)cc1. The van der Waals surface area contributed by atoms with Crippen LogP contribution in [0.1, 0.15) is 11.4 Å². The van der Waals surface area contributed by atoms with Gasteiger partial charge in [-0.3, -0.25) is 29.6 Å². The molecule has 0 saturated heterocycles. The molecule has 2 aromatic heterocycles. The lowest BCUT2D eigenvalue weighted by Crippen LogP contribution is -2.08.